The number of amides is 1. The minimum Gasteiger partial charge on any atom is -1.00 e. The van der Waals surface area contributed by atoms with E-state index in [0.717, 1.165) is 16.7 Å². The summed E-state index contributed by atoms with van der Waals surface area (Å²) in [5, 5.41) is 5.48. The molecule has 0 aliphatic heterocycles. The van der Waals surface area contributed by atoms with Gasteiger partial charge in [-0.05, 0) is 48.4 Å². The quantitative estimate of drug-likeness (QED) is 0.277. The van der Waals surface area contributed by atoms with Gasteiger partial charge in [-0.3, -0.25) is 4.79 Å². The van der Waals surface area contributed by atoms with Gasteiger partial charge < -0.3 is 27.9 Å². The zero-order valence-corrected chi connectivity index (χ0v) is 25.1. The number of ether oxygens (including phenoxy) is 1. The number of imidazole rings is 1. The van der Waals surface area contributed by atoms with E-state index in [1.807, 2.05) is 54.5 Å². The van der Waals surface area contributed by atoms with Crippen LogP contribution in [0.5, 0.6) is 0 Å². The monoisotopic (exact) mass is 649 g/mol. The topological polar surface area (TPSA) is 78.6 Å². The van der Waals surface area contributed by atoms with Crippen LogP contribution in [0.3, 0.4) is 0 Å². The highest BCUT2D eigenvalue weighted by molar-refractivity contribution is 6.35. The molecule has 0 spiro atoms. The molecular weight excluding hydrogens is 627 g/mol. The lowest BCUT2D eigenvalue weighted by Crippen LogP contribution is -3.00. The Balaban J connectivity index is 0.00000267. The summed E-state index contributed by atoms with van der Waals surface area (Å²) in [5.74, 6) is -0.190. The molecule has 39 heavy (non-hydrogen) atoms. The number of anilines is 1. The maximum atomic E-state index is 12.7. The molecule has 1 aromatic heterocycles. The van der Waals surface area contributed by atoms with Gasteiger partial charge >= 0.3 is 0 Å². The first-order chi connectivity index (χ1) is 17.7. The number of aromatic nitrogens is 2. The summed E-state index contributed by atoms with van der Waals surface area (Å²) in [6.07, 6.45) is 5.09. The smallest absolute Gasteiger partial charge is 0.266 e. The molecule has 0 bridgehead atoms. The molecule has 0 fully saturated rings. The predicted octanol–water partition coefficient (Wildman–Crippen LogP) is 4.13. The third-order valence-corrected chi connectivity index (χ3v) is 7.16. The van der Waals surface area contributed by atoms with E-state index in [9.17, 15) is 4.79 Å². The third-order valence-electron chi connectivity index (χ3n) is 5.70. The van der Waals surface area contributed by atoms with Crippen LogP contribution < -0.4 is 22.3 Å². The molecule has 1 amide bonds. The summed E-state index contributed by atoms with van der Waals surface area (Å²) in [5.41, 5.74) is 3.09. The Bertz CT molecular complexity index is 1410. The summed E-state index contributed by atoms with van der Waals surface area (Å²) < 4.78 is 9.98. The highest BCUT2D eigenvalue weighted by Gasteiger charge is 2.21. The molecule has 4 aromatic rings. The maximum Gasteiger partial charge on any atom is 0.266 e. The summed E-state index contributed by atoms with van der Waals surface area (Å²) >= 11 is 31.2. The Hall–Kier alpha value is -2.00. The average Bonchev–Trinajstić information content (AvgIpc) is 3.27. The molecule has 0 radical (unpaired) electrons. The standard InChI is InChI=1S/C27H22Cl5N3O2.ClH.H2O/c1-17-3-2-4-22(30)27(17)33-26(36)14-35-10-9-34(16-35)13-25(21-8-7-20(29)12-24(21)32)37-15-18-5-6-19(28)11-23(18)31;;/h2-12,16,25H,13-15H2,1H3;1H;1H2. The molecule has 1 unspecified atom stereocenters. The van der Waals surface area contributed by atoms with Crippen molar-refractivity contribution in [1.82, 2.24) is 4.57 Å². The summed E-state index contributed by atoms with van der Waals surface area (Å²) in [6.45, 7) is 2.70. The van der Waals surface area contributed by atoms with Crippen LogP contribution in [0.15, 0.2) is 73.3 Å². The number of nitrogens with one attached hydrogen (secondary N) is 1. The minimum absolute atomic E-state index is 0. The minimum atomic E-state index is -0.419. The number of carbonyl (C=O) groups is 1. The Kier molecular flexibility index (Phi) is 12.9. The van der Waals surface area contributed by atoms with Crippen molar-refractivity contribution in [2.75, 3.05) is 5.32 Å². The van der Waals surface area contributed by atoms with Crippen molar-refractivity contribution in [3.05, 3.63) is 115 Å². The van der Waals surface area contributed by atoms with Crippen LogP contribution in [0.4, 0.5) is 5.69 Å². The molecule has 1 heterocycles. The largest absolute Gasteiger partial charge is 1.00 e. The fourth-order valence-corrected chi connectivity index (χ4v) is 5.06. The Morgan fingerprint density at radius 3 is 2.33 bits per heavy atom. The number of para-hydroxylation sites is 1. The van der Waals surface area contributed by atoms with Gasteiger partial charge in [-0.25, -0.2) is 9.13 Å². The number of hydrogen-bond donors (Lipinski definition) is 1. The van der Waals surface area contributed by atoms with Gasteiger partial charge in [0.1, 0.15) is 25.0 Å². The maximum absolute atomic E-state index is 12.7. The van der Waals surface area contributed by atoms with Gasteiger partial charge in [-0.1, -0.05) is 82.3 Å². The van der Waals surface area contributed by atoms with Gasteiger partial charge in [0.2, 0.25) is 6.33 Å². The number of nitrogens with zero attached hydrogens (tertiary/aromatic N) is 2. The van der Waals surface area contributed by atoms with E-state index in [0.29, 0.717) is 37.3 Å². The van der Waals surface area contributed by atoms with Crippen LogP contribution in [0, 0.1) is 6.92 Å². The van der Waals surface area contributed by atoms with Crippen molar-refractivity contribution in [2.45, 2.75) is 32.7 Å². The SMILES string of the molecule is Cc1cccc(Cl)c1NC(=O)C[n+]1ccn(CC(OCc2ccc(Cl)cc2Cl)c2ccc(Cl)cc2Cl)c1.O.[Cl-]. The van der Waals surface area contributed by atoms with Crippen LogP contribution in [-0.4, -0.2) is 16.0 Å². The fraction of sp³-hybridized carbons (Fsp3) is 0.185. The van der Waals surface area contributed by atoms with Crippen molar-refractivity contribution in [2.24, 2.45) is 0 Å². The van der Waals surface area contributed by atoms with Crippen molar-refractivity contribution in [3.8, 4) is 0 Å². The molecular formula is C27H25Cl6N3O3. The van der Waals surface area contributed by atoms with Crippen LogP contribution in [-0.2, 0) is 29.2 Å². The van der Waals surface area contributed by atoms with Gasteiger partial charge in [0, 0.05) is 25.7 Å². The zero-order chi connectivity index (χ0) is 26.5. The summed E-state index contributed by atoms with van der Waals surface area (Å²) in [4.78, 5) is 12.7. The van der Waals surface area contributed by atoms with E-state index in [1.165, 1.54) is 0 Å². The zero-order valence-electron chi connectivity index (χ0n) is 20.6. The van der Waals surface area contributed by atoms with Crippen LogP contribution in [0.2, 0.25) is 25.1 Å². The first-order valence-electron chi connectivity index (χ1n) is 11.3. The molecule has 6 nitrogen and oxygen atoms in total. The lowest BCUT2D eigenvalue weighted by molar-refractivity contribution is -0.683. The summed E-state index contributed by atoms with van der Waals surface area (Å²) in [7, 11) is 0. The second kappa shape index (κ2) is 15.1. The van der Waals surface area contributed by atoms with Gasteiger partial charge in [-0.2, -0.15) is 0 Å². The molecule has 0 aliphatic rings. The van der Waals surface area contributed by atoms with Crippen molar-refractivity contribution >= 4 is 69.6 Å². The first-order valence-corrected chi connectivity index (χ1v) is 13.2. The van der Waals surface area contributed by atoms with E-state index >= 15 is 0 Å². The average molecular weight is 652 g/mol. The Morgan fingerprint density at radius 1 is 0.974 bits per heavy atom. The number of rotatable bonds is 9. The molecule has 208 valence electrons. The highest BCUT2D eigenvalue weighted by atomic mass is 35.5. The highest BCUT2D eigenvalue weighted by Crippen LogP contribution is 2.31. The third kappa shape index (κ3) is 9.00. The second-order valence-corrected chi connectivity index (χ2v) is 10.6. The molecule has 4 rings (SSSR count). The lowest BCUT2D eigenvalue weighted by Gasteiger charge is -2.19. The molecule has 0 aliphatic carbocycles. The normalized spacial score (nSPS) is 11.3. The van der Waals surface area contributed by atoms with E-state index in [1.54, 1.807) is 34.9 Å². The number of carbonyl (C=O) groups excluding carboxylic acids is 1. The van der Waals surface area contributed by atoms with Gasteiger partial charge in [0.05, 0.1) is 17.3 Å². The predicted molar refractivity (Wildman–Crippen MR) is 154 cm³/mol. The number of benzene rings is 3. The fourth-order valence-electron chi connectivity index (χ4n) is 3.80. The Labute approximate surface area is 258 Å². The number of aryl methyl sites for hydroxylation is 1. The molecule has 3 aromatic carbocycles. The van der Waals surface area contributed by atoms with Crippen LogP contribution >= 0.6 is 58.0 Å². The number of hydrogen-bond acceptors (Lipinski definition) is 2. The van der Waals surface area contributed by atoms with Crippen molar-refractivity contribution in [1.29, 1.82) is 0 Å². The first kappa shape index (κ1) is 33.2. The molecule has 12 heteroatoms. The van der Waals surface area contributed by atoms with Gasteiger partial charge in [0.15, 0.2) is 6.54 Å². The van der Waals surface area contributed by atoms with E-state index in [2.05, 4.69) is 5.32 Å². The van der Waals surface area contributed by atoms with Crippen LogP contribution in [0.1, 0.15) is 22.8 Å². The second-order valence-electron chi connectivity index (χ2n) is 8.46. The molecule has 0 saturated carbocycles. The van der Waals surface area contributed by atoms with Crippen molar-refractivity contribution in [3.63, 3.8) is 0 Å². The molecule has 1 atom stereocenters. The molecule has 0 saturated heterocycles. The van der Waals surface area contributed by atoms with E-state index < -0.39 is 6.10 Å². The van der Waals surface area contributed by atoms with Gasteiger partial charge in [0.25, 0.3) is 5.91 Å². The molecule has 3 N–H and O–H groups in total. The summed E-state index contributed by atoms with van der Waals surface area (Å²) in [6, 6.07) is 16.0. The van der Waals surface area contributed by atoms with E-state index in [-0.39, 0.29) is 36.9 Å². The van der Waals surface area contributed by atoms with Gasteiger partial charge in [-0.15, -0.1) is 0 Å². The van der Waals surface area contributed by atoms with Crippen LogP contribution in [0.25, 0.3) is 0 Å². The van der Waals surface area contributed by atoms with E-state index in [4.69, 9.17) is 62.7 Å². The van der Waals surface area contributed by atoms with Crippen molar-refractivity contribution < 1.29 is 32.0 Å². The Morgan fingerprint density at radius 2 is 1.67 bits per heavy atom. The number of halogens is 6. The lowest BCUT2D eigenvalue weighted by atomic mass is 10.1.